The standard InChI is InChI=1S/C19H31N3/c1-15-5-4-6-19(16(15)2)22-11-8-18(9-12-22)20-13-17-7-10-21(3)14-17/h4-6,17-18,20H,7-14H2,1-3H3/t17-/m0/s1. The SMILES string of the molecule is Cc1cccc(N2CCC(NC[C@@H]3CCN(C)C3)CC2)c1C. The van der Waals surface area contributed by atoms with Gasteiger partial charge in [-0.3, -0.25) is 0 Å². The number of hydrogen-bond acceptors (Lipinski definition) is 3. The average molecular weight is 301 g/mol. The van der Waals surface area contributed by atoms with E-state index in [0.717, 1.165) is 5.92 Å². The lowest BCUT2D eigenvalue weighted by Crippen LogP contribution is -2.44. The lowest BCUT2D eigenvalue weighted by molar-refractivity contribution is 0.357. The highest BCUT2D eigenvalue weighted by Gasteiger charge is 2.23. The van der Waals surface area contributed by atoms with E-state index in [1.54, 1.807) is 0 Å². The zero-order valence-electron chi connectivity index (χ0n) is 14.4. The highest BCUT2D eigenvalue weighted by molar-refractivity contribution is 5.56. The maximum Gasteiger partial charge on any atom is 0.0398 e. The summed E-state index contributed by atoms with van der Waals surface area (Å²) in [5.41, 5.74) is 4.29. The van der Waals surface area contributed by atoms with E-state index in [2.05, 4.69) is 54.2 Å². The Hall–Kier alpha value is -1.06. The van der Waals surface area contributed by atoms with Crippen molar-refractivity contribution in [1.82, 2.24) is 10.2 Å². The molecule has 3 heteroatoms. The normalized spacial score (nSPS) is 24.1. The van der Waals surface area contributed by atoms with Gasteiger partial charge in [0.1, 0.15) is 0 Å². The number of anilines is 1. The van der Waals surface area contributed by atoms with Crippen molar-refractivity contribution in [1.29, 1.82) is 0 Å². The molecule has 0 bridgehead atoms. The largest absolute Gasteiger partial charge is 0.371 e. The highest BCUT2D eigenvalue weighted by Crippen LogP contribution is 2.26. The number of rotatable bonds is 4. The Labute approximate surface area is 135 Å². The monoisotopic (exact) mass is 301 g/mol. The summed E-state index contributed by atoms with van der Waals surface area (Å²) in [6.45, 7) is 10.6. The van der Waals surface area contributed by atoms with E-state index < -0.39 is 0 Å². The summed E-state index contributed by atoms with van der Waals surface area (Å²) >= 11 is 0. The zero-order valence-corrected chi connectivity index (χ0v) is 14.4. The summed E-state index contributed by atoms with van der Waals surface area (Å²) in [6.07, 6.45) is 3.91. The Bertz CT molecular complexity index is 491. The fourth-order valence-electron chi connectivity index (χ4n) is 3.93. The maximum absolute atomic E-state index is 3.83. The Morgan fingerprint density at radius 1 is 1.09 bits per heavy atom. The van der Waals surface area contributed by atoms with Gasteiger partial charge in [0.05, 0.1) is 0 Å². The van der Waals surface area contributed by atoms with Crippen LogP contribution in [0, 0.1) is 19.8 Å². The van der Waals surface area contributed by atoms with Crippen molar-refractivity contribution in [2.24, 2.45) is 5.92 Å². The summed E-state index contributed by atoms with van der Waals surface area (Å²) in [4.78, 5) is 5.03. The van der Waals surface area contributed by atoms with Gasteiger partial charge in [0.2, 0.25) is 0 Å². The molecular formula is C19H31N3. The molecule has 1 aromatic rings. The molecule has 0 saturated carbocycles. The van der Waals surface area contributed by atoms with Crippen LogP contribution in [0.3, 0.4) is 0 Å². The van der Waals surface area contributed by atoms with Crippen LogP contribution in [0.5, 0.6) is 0 Å². The third-order valence-electron chi connectivity index (χ3n) is 5.60. The van der Waals surface area contributed by atoms with Crippen LogP contribution in [-0.4, -0.2) is 50.7 Å². The minimum absolute atomic E-state index is 0.715. The summed E-state index contributed by atoms with van der Waals surface area (Å²) in [7, 11) is 2.24. The van der Waals surface area contributed by atoms with Crippen molar-refractivity contribution in [3.05, 3.63) is 29.3 Å². The van der Waals surface area contributed by atoms with Crippen molar-refractivity contribution < 1.29 is 0 Å². The van der Waals surface area contributed by atoms with E-state index in [1.807, 2.05) is 0 Å². The van der Waals surface area contributed by atoms with Gasteiger partial charge >= 0.3 is 0 Å². The average Bonchev–Trinajstić information content (AvgIpc) is 2.94. The minimum Gasteiger partial charge on any atom is -0.371 e. The van der Waals surface area contributed by atoms with E-state index in [9.17, 15) is 0 Å². The van der Waals surface area contributed by atoms with Crippen LogP contribution >= 0.6 is 0 Å². The van der Waals surface area contributed by atoms with Gasteiger partial charge in [0, 0.05) is 31.4 Å². The molecule has 0 radical (unpaired) electrons. The highest BCUT2D eigenvalue weighted by atomic mass is 15.2. The first-order valence-electron chi connectivity index (χ1n) is 8.86. The summed E-state index contributed by atoms with van der Waals surface area (Å²) in [6, 6.07) is 7.40. The second-order valence-electron chi connectivity index (χ2n) is 7.31. The zero-order chi connectivity index (χ0) is 15.5. The smallest absolute Gasteiger partial charge is 0.0398 e. The third-order valence-corrected chi connectivity index (χ3v) is 5.60. The molecule has 1 N–H and O–H groups in total. The van der Waals surface area contributed by atoms with Crippen molar-refractivity contribution in [2.75, 3.05) is 44.7 Å². The first-order valence-corrected chi connectivity index (χ1v) is 8.86. The second-order valence-corrected chi connectivity index (χ2v) is 7.31. The van der Waals surface area contributed by atoms with Gasteiger partial charge in [-0.25, -0.2) is 0 Å². The van der Waals surface area contributed by atoms with Gasteiger partial charge in [-0.1, -0.05) is 12.1 Å². The van der Waals surface area contributed by atoms with Gasteiger partial charge in [0.25, 0.3) is 0 Å². The molecule has 2 aliphatic rings. The Morgan fingerprint density at radius 2 is 1.86 bits per heavy atom. The van der Waals surface area contributed by atoms with E-state index in [-0.39, 0.29) is 0 Å². The van der Waals surface area contributed by atoms with Gasteiger partial charge in [-0.2, -0.15) is 0 Å². The molecule has 2 saturated heterocycles. The number of nitrogens with one attached hydrogen (secondary N) is 1. The molecule has 2 fully saturated rings. The van der Waals surface area contributed by atoms with E-state index in [1.165, 1.54) is 68.8 Å². The van der Waals surface area contributed by atoms with Gasteiger partial charge in [0.15, 0.2) is 0 Å². The summed E-state index contributed by atoms with van der Waals surface area (Å²) in [5.74, 6) is 0.863. The lowest BCUT2D eigenvalue weighted by Gasteiger charge is -2.35. The first kappa shape index (κ1) is 15.8. The molecule has 0 spiro atoms. The molecule has 2 aliphatic heterocycles. The molecule has 1 atom stereocenters. The van der Waals surface area contributed by atoms with Crippen LogP contribution in [0.15, 0.2) is 18.2 Å². The van der Waals surface area contributed by atoms with Gasteiger partial charge < -0.3 is 15.1 Å². The predicted octanol–water partition coefficient (Wildman–Crippen LogP) is 2.81. The topological polar surface area (TPSA) is 18.5 Å². The molecule has 1 aromatic carbocycles. The Morgan fingerprint density at radius 3 is 2.55 bits per heavy atom. The number of nitrogens with zero attached hydrogens (tertiary/aromatic N) is 2. The minimum atomic E-state index is 0.715. The number of aryl methyl sites for hydroxylation is 1. The quantitative estimate of drug-likeness (QED) is 0.922. The molecule has 0 aliphatic carbocycles. The fourth-order valence-corrected chi connectivity index (χ4v) is 3.93. The van der Waals surface area contributed by atoms with Crippen molar-refractivity contribution in [3.63, 3.8) is 0 Å². The molecule has 122 valence electrons. The van der Waals surface area contributed by atoms with Gasteiger partial charge in [-0.05, 0) is 76.4 Å². The molecule has 0 unspecified atom stereocenters. The second kappa shape index (κ2) is 7.01. The number of benzene rings is 1. The lowest BCUT2D eigenvalue weighted by atomic mass is 10.0. The van der Waals surface area contributed by atoms with Crippen LogP contribution in [0.4, 0.5) is 5.69 Å². The van der Waals surface area contributed by atoms with Crippen LogP contribution in [-0.2, 0) is 0 Å². The van der Waals surface area contributed by atoms with Crippen molar-refractivity contribution >= 4 is 5.69 Å². The van der Waals surface area contributed by atoms with E-state index in [0.29, 0.717) is 6.04 Å². The molecule has 3 rings (SSSR count). The molecule has 3 nitrogen and oxygen atoms in total. The number of hydrogen-bond donors (Lipinski definition) is 1. The van der Waals surface area contributed by atoms with Crippen LogP contribution in [0.2, 0.25) is 0 Å². The molecule has 22 heavy (non-hydrogen) atoms. The molecular weight excluding hydrogens is 270 g/mol. The Kier molecular flexibility index (Phi) is 5.04. The molecule has 0 amide bonds. The predicted molar refractivity (Wildman–Crippen MR) is 94.8 cm³/mol. The van der Waals surface area contributed by atoms with E-state index in [4.69, 9.17) is 0 Å². The fraction of sp³-hybridized carbons (Fsp3) is 0.684. The first-order chi connectivity index (χ1) is 10.6. The summed E-state index contributed by atoms with van der Waals surface area (Å²) < 4.78 is 0. The van der Waals surface area contributed by atoms with Crippen LogP contribution in [0.1, 0.15) is 30.4 Å². The van der Waals surface area contributed by atoms with Crippen molar-refractivity contribution in [2.45, 2.75) is 39.2 Å². The summed E-state index contributed by atoms with van der Waals surface area (Å²) in [5, 5.41) is 3.83. The number of likely N-dealkylation sites (tertiary alicyclic amines) is 1. The maximum atomic E-state index is 3.83. The molecule has 2 heterocycles. The number of piperidine rings is 1. The van der Waals surface area contributed by atoms with Gasteiger partial charge in [-0.15, -0.1) is 0 Å². The van der Waals surface area contributed by atoms with Crippen LogP contribution < -0.4 is 10.2 Å². The molecule has 0 aromatic heterocycles. The van der Waals surface area contributed by atoms with Crippen molar-refractivity contribution in [3.8, 4) is 0 Å². The van der Waals surface area contributed by atoms with Crippen LogP contribution in [0.25, 0.3) is 0 Å². The van der Waals surface area contributed by atoms with E-state index >= 15 is 0 Å². The Balaban J connectivity index is 1.47. The third kappa shape index (κ3) is 3.64.